The largest absolute Gasteiger partial charge is 0.478 e. The average molecular weight is 308 g/mol. The number of benzene rings is 1. The highest BCUT2D eigenvalue weighted by molar-refractivity contribution is 7.98. The van der Waals surface area contributed by atoms with Crippen LogP contribution in [0.3, 0.4) is 0 Å². The first-order chi connectivity index (χ1) is 9.97. The number of aromatic amines is 1. The van der Waals surface area contributed by atoms with Crippen LogP contribution < -0.4 is 11.1 Å². The zero-order valence-corrected chi connectivity index (χ0v) is 12.6. The highest BCUT2D eigenvalue weighted by Gasteiger charge is 2.17. The minimum absolute atomic E-state index is 0.0181. The van der Waals surface area contributed by atoms with Gasteiger partial charge in [0.05, 0.1) is 16.6 Å². The fourth-order valence-corrected chi connectivity index (χ4v) is 2.87. The van der Waals surface area contributed by atoms with Gasteiger partial charge in [0.2, 0.25) is 0 Å². The van der Waals surface area contributed by atoms with Gasteiger partial charge in [-0.2, -0.15) is 11.8 Å². The summed E-state index contributed by atoms with van der Waals surface area (Å²) in [5.41, 5.74) is -0.847. The van der Waals surface area contributed by atoms with Gasteiger partial charge in [0.15, 0.2) is 0 Å². The van der Waals surface area contributed by atoms with E-state index in [-0.39, 0.29) is 17.1 Å². The number of rotatable bonds is 5. The van der Waals surface area contributed by atoms with Crippen molar-refractivity contribution in [3.8, 4) is 0 Å². The molecule has 0 fully saturated rings. The molecule has 6 nitrogen and oxygen atoms in total. The van der Waals surface area contributed by atoms with Crippen molar-refractivity contribution in [3.63, 3.8) is 0 Å². The normalized spacial score (nSPS) is 12.5. The number of fused-ring (bicyclic) bond motifs is 1. The second kappa shape index (κ2) is 6.17. The molecule has 2 rings (SSSR count). The van der Waals surface area contributed by atoms with Crippen molar-refractivity contribution in [1.29, 1.82) is 0 Å². The van der Waals surface area contributed by atoms with Crippen LogP contribution in [0.15, 0.2) is 27.8 Å². The fraction of sp³-hybridized carbons (Fsp3) is 0.357. The summed E-state index contributed by atoms with van der Waals surface area (Å²) in [5, 5.41) is 9.20. The van der Waals surface area contributed by atoms with Crippen LogP contribution >= 0.6 is 11.8 Å². The van der Waals surface area contributed by atoms with Gasteiger partial charge < -0.3 is 10.1 Å². The van der Waals surface area contributed by atoms with E-state index in [0.29, 0.717) is 5.52 Å². The number of carbonyl (C=O) groups is 1. The molecule has 1 heterocycles. The number of aromatic nitrogens is 2. The maximum absolute atomic E-state index is 12.1. The molecule has 0 aliphatic heterocycles. The average Bonchev–Trinajstić information content (AvgIpc) is 2.45. The second-order valence-corrected chi connectivity index (χ2v) is 5.75. The van der Waals surface area contributed by atoms with Crippen molar-refractivity contribution in [2.75, 3.05) is 12.0 Å². The van der Waals surface area contributed by atoms with Crippen LogP contribution in [0.5, 0.6) is 0 Å². The summed E-state index contributed by atoms with van der Waals surface area (Å²) in [7, 11) is 0. The van der Waals surface area contributed by atoms with Gasteiger partial charge in [-0.15, -0.1) is 0 Å². The van der Waals surface area contributed by atoms with Gasteiger partial charge in [0, 0.05) is 6.04 Å². The van der Waals surface area contributed by atoms with Gasteiger partial charge in [-0.05, 0) is 37.5 Å². The van der Waals surface area contributed by atoms with Crippen LogP contribution in [0.25, 0.3) is 11.0 Å². The number of H-pyrrole nitrogens is 1. The number of nitrogens with one attached hydrogen (secondary N) is 1. The van der Waals surface area contributed by atoms with E-state index in [4.69, 9.17) is 0 Å². The first-order valence-electron chi connectivity index (χ1n) is 6.47. The summed E-state index contributed by atoms with van der Waals surface area (Å²) >= 11 is 1.65. The van der Waals surface area contributed by atoms with Gasteiger partial charge in [0.25, 0.3) is 0 Å². The minimum Gasteiger partial charge on any atom is -0.478 e. The van der Waals surface area contributed by atoms with E-state index in [0.717, 1.165) is 12.2 Å². The smallest absolute Gasteiger partial charge is 0.337 e. The van der Waals surface area contributed by atoms with Crippen molar-refractivity contribution < 1.29 is 9.90 Å². The van der Waals surface area contributed by atoms with Crippen LogP contribution in [0, 0.1) is 0 Å². The Balaban J connectivity index is 2.77. The summed E-state index contributed by atoms with van der Waals surface area (Å²) in [6, 6.07) is 4.44. The van der Waals surface area contributed by atoms with Crippen molar-refractivity contribution >= 4 is 28.8 Å². The topological polar surface area (TPSA) is 92.2 Å². The molecule has 2 N–H and O–H groups in total. The van der Waals surface area contributed by atoms with Gasteiger partial charge in [-0.1, -0.05) is 6.07 Å². The molecule has 0 amide bonds. The second-order valence-electron chi connectivity index (χ2n) is 4.76. The molecule has 1 unspecified atom stereocenters. The van der Waals surface area contributed by atoms with Gasteiger partial charge in [-0.25, -0.2) is 4.79 Å². The number of para-hydroxylation sites is 1. The summed E-state index contributed by atoms with van der Waals surface area (Å²) in [6.07, 6.45) is 2.69. The number of hydrogen-bond acceptors (Lipinski definition) is 4. The van der Waals surface area contributed by atoms with Crippen LogP contribution in [-0.2, 0) is 0 Å². The van der Waals surface area contributed by atoms with E-state index >= 15 is 0 Å². The Kier molecular flexibility index (Phi) is 4.52. The van der Waals surface area contributed by atoms with Crippen molar-refractivity contribution in [2.24, 2.45) is 0 Å². The maximum atomic E-state index is 12.1. The van der Waals surface area contributed by atoms with Gasteiger partial charge in [0.1, 0.15) is 0 Å². The maximum Gasteiger partial charge on any atom is 0.337 e. The lowest BCUT2D eigenvalue weighted by atomic mass is 10.1. The molecule has 0 aliphatic carbocycles. The van der Waals surface area contributed by atoms with Crippen LogP contribution in [-0.4, -0.2) is 32.6 Å². The molecule has 0 radical (unpaired) electrons. The molecule has 1 aromatic heterocycles. The third-order valence-electron chi connectivity index (χ3n) is 3.36. The van der Waals surface area contributed by atoms with Gasteiger partial charge in [-0.3, -0.25) is 14.2 Å². The van der Waals surface area contributed by atoms with Crippen molar-refractivity contribution in [1.82, 2.24) is 9.55 Å². The zero-order valence-electron chi connectivity index (χ0n) is 11.8. The monoisotopic (exact) mass is 308 g/mol. The number of hydrogen-bond donors (Lipinski definition) is 2. The molecule has 21 heavy (non-hydrogen) atoms. The van der Waals surface area contributed by atoms with E-state index in [1.165, 1.54) is 10.6 Å². The zero-order chi connectivity index (χ0) is 15.6. The van der Waals surface area contributed by atoms with E-state index in [2.05, 4.69) is 4.98 Å². The molecule has 7 heteroatoms. The van der Waals surface area contributed by atoms with Gasteiger partial charge >= 0.3 is 17.1 Å². The Morgan fingerprint density at radius 2 is 2.14 bits per heavy atom. The highest BCUT2D eigenvalue weighted by Crippen LogP contribution is 2.19. The SMILES string of the molecule is CSCCC(C)n1c(=O)c(=O)[nH]c2c(C(=O)O)cccc21. The number of aromatic carboxylic acids is 1. The number of carboxylic acid groups (broad SMARTS) is 1. The van der Waals surface area contributed by atoms with E-state index in [1.54, 1.807) is 23.9 Å². The number of nitrogens with zero attached hydrogens (tertiary/aromatic N) is 1. The summed E-state index contributed by atoms with van der Waals surface area (Å²) in [6.45, 7) is 1.85. The highest BCUT2D eigenvalue weighted by atomic mass is 32.2. The summed E-state index contributed by atoms with van der Waals surface area (Å²) < 4.78 is 1.39. The third-order valence-corrected chi connectivity index (χ3v) is 4.01. The fourth-order valence-electron chi connectivity index (χ4n) is 2.29. The molecule has 0 bridgehead atoms. The molecular weight excluding hydrogens is 292 g/mol. The van der Waals surface area contributed by atoms with E-state index in [9.17, 15) is 19.5 Å². The van der Waals surface area contributed by atoms with Crippen LogP contribution in [0.2, 0.25) is 0 Å². The van der Waals surface area contributed by atoms with Crippen LogP contribution in [0.1, 0.15) is 29.7 Å². The summed E-state index contributed by atoms with van der Waals surface area (Å²) in [5.74, 6) is -0.293. The predicted octanol–water partition coefficient (Wildman–Crippen LogP) is 1.70. The lowest BCUT2D eigenvalue weighted by molar-refractivity contribution is 0.0698. The molecular formula is C14H16N2O4S. The van der Waals surface area contributed by atoms with Crippen molar-refractivity contribution in [3.05, 3.63) is 44.5 Å². The molecule has 0 aliphatic rings. The molecule has 112 valence electrons. The van der Waals surface area contributed by atoms with E-state index in [1.807, 2.05) is 13.2 Å². The standard InChI is InChI=1S/C14H16N2O4S/c1-8(6-7-21-2)16-10-5-3-4-9(14(19)20)11(10)15-12(17)13(16)18/h3-5,8H,6-7H2,1-2H3,(H,15,17)(H,19,20). The Morgan fingerprint density at radius 3 is 2.76 bits per heavy atom. The summed E-state index contributed by atoms with van der Waals surface area (Å²) in [4.78, 5) is 37.6. The Labute approximate surface area is 124 Å². The lowest BCUT2D eigenvalue weighted by Gasteiger charge is -2.17. The molecule has 0 saturated carbocycles. The Bertz CT molecular complexity index is 794. The van der Waals surface area contributed by atoms with Crippen molar-refractivity contribution in [2.45, 2.75) is 19.4 Å². The molecule has 2 aromatic rings. The predicted molar refractivity (Wildman–Crippen MR) is 83.5 cm³/mol. The van der Waals surface area contributed by atoms with Crippen LogP contribution in [0.4, 0.5) is 0 Å². The quantitative estimate of drug-likeness (QED) is 0.820. The lowest BCUT2D eigenvalue weighted by Crippen LogP contribution is -2.38. The molecule has 1 atom stereocenters. The molecule has 0 spiro atoms. The number of thioether (sulfide) groups is 1. The first-order valence-corrected chi connectivity index (χ1v) is 7.86. The third kappa shape index (κ3) is 2.87. The Hall–Kier alpha value is -2.02. The molecule has 0 saturated heterocycles. The van der Waals surface area contributed by atoms with E-state index < -0.39 is 17.1 Å². The number of carboxylic acids is 1. The Morgan fingerprint density at radius 1 is 1.43 bits per heavy atom. The molecule has 1 aromatic carbocycles. The first kappa shape index (κ1) is 15.4. The minimum atomic E-state index is -1.14.